The molecule has 664 valence electrons. The second kappa shape index (κ2) is 47.5. The summed E-state index contributed by atoms with van der Waals surface area (Å²) >= 11 is 8.52. The summed E-state index contributed by atoms with van der Waals surface area (Å²) in [6, 6.07) is -1.44. The van der Waals surface area contributed by atoms with Crippen molar-refractivity contribution in [2.24, 2.45) is 29.0 Å². The maximum absolute atomic E-state index is 14.5. The average molecular weight is 1740 g/mol. The lowest BCUT2D eigenvalue weighted by Gasteiger charge is -2.30. The van der Waals surface area contributed by atoms with E-state index in [4.69, 9.17) is 22.3 Å². The van der Waals surface area contributed by atoms with Crippen LogP contribution in [0.3, 0.4) is 0 Å². The van der Waals surface area contributed by atoms with Gasteiger partial charge in [0.25, 0.3) is 0 Å². The first kappa shape index (κ1) is 98.4. The third-order valence-corrected chi connectivity index (χ3v) is 20.2. The normalized spacial score (nSPS) is 15.7. The van der Waals surface area contributed by atoms with Crippen molar-refractivity contribution in [3.8, 4) is 5.75 Å². The van der Waals surface area contributed by atoms with Crippen LogP contribution in [0.4, 0.5) is 0 Å². The largest absolute Gasteiger partial charge is 0.508 e. The molecule has 14 atom stereocenters. The van der Waals surface area contributed by atoms with Crippen LogP contribution in [-0.2, 0) is 106 Å². The number of benzene rings is 3. The van der Waals surface area contributed by atoms with Crippen LogP contribution in [0.2, 0.25) is 0 Å². The lowest BCUT2D eigenvalue weighted by molar-refractivity contribution is -0.142. The number of H-pyrrole nitrogens is 2. The lowest BCUT2D eigenvalue weighted by atomic mass is 10.00. The summed E-state index contributed by atoms with van der Waals surface area (Å²) in [6.45, 7) is 4.81. The van der Waals surface area contributed by atoms with Crippen LogP contribution < -0.4 is 86.3 Å². The number of amides is 16. The van der Waals surface area contributed by atoms with E-state index in [0.717, 1.165) is 22.7 Å². The van der Waals surface area contributed by atoms with Crippen LogP contribution in [0, 0.1) is 11.8 Å². The van der Waals surface area contributed by atoms with Crippen molar-refractivity contribution in [1.29, 1.82) is 0 Å². The molecule has 5 aromatic rings. The number of carboxylic acid groups (broad SMARTS) is 2. The third kappa shape index (κ3) is 30.4. The number of aromatic hydroxyl groups is 1. The predicted molar refractivity (Wildman–Crippen MR) is 443 cm³/mol. The van der Waals surface area contributed by atoms with Gasteiger partial charge in [-0.2, -0.15) is 25.3 Å². The summed E-state index contributed by atoms with van der Waals surface area (Å²) in [5.41, 5.74) is 20.1. The van der Waals surface area contributed by atoms with Gasteiger partial charge < -0.3 is 127 Å². The molecule has 44 heteroatoms. The second-order valence-corrected chi connectivity index (χ2v) is 30.8. The topological polar surface area (TPSA) is 678 Å². The number of aliphatic hydroxyl groups is 2. The van der Waals surface area contributed by atoms with E-state index < -0.39 is 248 Å². The first-order valence-corrected chi connectivity index (χ1v) is 40.3. The Kier molecular flexibility index (Phi) is 38.3. The van der Waals surface area contributed by atoms with Crippen molar-refractivity contribution < 1.29 is 112 Å². The van der Waals surface area contributed by atoms with Gasteiger partial charge in [-0.25, -0.2) is 0 Å². The number of rotatable bonds is 49. The van der Waals surface area contributed by atoms with Gasteiger partial charge in [0.05, 0.1) is 38.1 Å². The number of thiol groups is 2. The van der Waals surface area contributed by atoms with E-state index in [1.165, 1.54) is 30.5 Å². The Morgan fingerprint density at radius 3 is 1.46 bits per heavy atom. The smallest absolute Gasteiger partial charge is 0.322 e. The minimum Gasteiger partial charge on any atom is -0.508 e. The second-order valence-electron chi connectivity index (χ2n) is 30.1. The van der Waals surface area contributed by atoms with Gasteiger partial charge in [0.1, 0.15) is 84.8 Å². The fraction of sp³-hybridized carbons (Fsp3) is 0.487. The number of likely N-dealkylation sites (tertiary alicyclic amines) is 1. The summed E-state index contributed by atoms with van der Waals surface area (Å²) in [7, 11) is 0. The zero-order valence-corrected chi connectivity index (χ0v) is 69.3. The summed E-state index contributed by atoms with van der Waals surface area (Å²) in [5.74, 6) is -21.5. The van der Waals surface area contributed by atoms with Gasteiger partial charge in [0.15, 0.2) is 0 Å². The molecule has 0 aliphatic carbocycles. The molecule has 3 heterocycles. The standard InChI is InChI=1S/C78H107N19O23S2/c1-37(2)23-50(69(111)91-54(28-61(81)102)73(115)93-56(34-98)74(116)89-51(24-38(3)4)70(112)94-57(35-121)75(117)90-53(27-42-31-83-48-14-9-7-12-45(42)48)72(114)92-55(29-63(104)105)67(109)85-33-64(106)107)88-71(113)52(25-40-16-18-43(100)19-17-40)86-62(103)32-84-76(118)59-15-10-22-97(59)78(120)58(36-122)95-77(119)65(39(5)99)96-68(110)49(20-21-60(80)101)87-66(108)46(79)26-41-30-82-47-13-8-6-11-44(41)47/h6-9,11-14,16-19,30-31,37-39,46,49-59,65,82-83,98-100,121-122H,10,15,20-29,32-36,79H2,1-5H3,(H2,80,101)(H2,81,102)(H,84,118)(H,85,109)(H,86,103)(H,87,108)(H,88,113)(H,89,116)(H,90,117)(H,91,111)(H,92,114)(H,93,115)(H,94,112)(H,95,119)(H,96,110)(H,104,105)(H,106,107)/t39-,46+,49+,50+,51+,52+,53+,54+,55+,56+,57+,58+,59+,65+/m1/s1. The minimum atomic E-state index is -1.95. The Bertz CT molecular complexity index is 4600. The van der Waals surface area contributed by atoms with Crippen molar-refractivity contribution in [2.45, 2.75) is 190 Å². The molecule has 0 unspecified atom stereocenters. The highest BCUT2D eigenvalue weighted by Crippen LogP contribution is 2.24. The van der Waals surface area contributed by atoms with E-state index in [2.05, 4.69) is 99.0 Å². The van der Waals surface area contributed by atoms with Crippen LogP contribution in [0.25, 0.3) is 21.8 Å². The lowest BCUT2D eigenvalue weighted by Crippen LogP contribution is -2.61. The first-order valence-electron chi connectivity index (χ1n) is 39.0. The number of aliphatic carboxylic acids is 2. The summed E-state index contributed by atoms with van der Waals surface area (Å²) in [6.07, 6.45) is -1.76. The maximum Gasteiger partial charge on any atom is 0.322 e. The van der Waals surface area contributed by atoms with Crippen molar-refractivity contribution in [3.63, 3.8) is 0 Å². The molecule has 0 spiro atoms. The number of carboxylic acids is 2. The number of aromatic amines is 2. The Balaban J connectivity index is 1.10. The molecule has 0 bridgehead atoms. The molecule has 42 nitrogen and oxygen atoms in total. The van der Waals surface area contributed by atoms with Gasteiger partial charge in [-0.05, 0) is 98.2 Å². The van der Waals surface area contributed by atoms with E-state index in [0.29, 0.717) is 27.6 Å². The zero-order valence-electron chi connectivity index (χ0n) is 67.5. The molecular weight excluding hydrogens is 1640 g/mol. The van der Waals surface area contributed by atoms with Crippen molar-refractivity contribution in [1.82, 2.24) is 84.0 Å². The number of aliphatic hydroxyl groups excluding tert-OH is 2. The minimum absolute atomic E-state index is 0.0342. The average Bonchev–Trinajstić information content (AvgIpc) is 1.63. The number of carbonyl (C=O) groups excluding carboxylic acids is 16. The van der Waals surface area contributed by atoms with Crippen molar-refractivity contribution in [3.05, 3.63) is 102 Å². The third-order valence-electron chi connectivity index (χ3n) is 19.4. The molecule has 3 aromatic carbocycles. The molecule has 1 fully saturated rings. The van der Waals surface area contributed by atoms with Gasteiger partial charge >= 0.3 is 11.9 Å². The SMILES string of the molecule is CC(C)C[C@H](NC(=O)[C@H](Cc1ccc(O)cc1)NC(=O)CNC(=O)[C@@H]1CCCN1C(=O)[C@H](CS)NC(=O)[C@@H](NC(=O)[C@H](CCC(N)=O)NC(=O)[C@@H](N)Cc1c[nH]c2ccccc12)[C@@H](C)O)C(=O)N[C@@H](CC(N)=O)C(=O)N[C@@H](CO)C(=O)N[C@@H](CC(C)C)C(=O)N[C@@H](CS)C(=O)N[C@@H](Cc1c[nH]c2ccccc12)C(=O)N[C@@H](CC(=O)O)C(=O)NCC(=O)O. The zero-order chi connectivity index (χ0) is 90.4. The van der Waals surface area contributed by atoms with Crippen LogP contribution >= 0.6 is 25.3 Å². The number of nitrogens with two attached hydrogens (primary N) is 3. The van der Waals surface area contributed by atoms with Crippen LogP contribution in [0.15, 0.2) is 85.2 Å². The Morgan fingerprint density at radius 2 is 0.943 bits per heavy atom. The van der Waals surface area contributed by atoms with Gasteiger partial charge in [-0.1, -0.05) is 76.2 Å². The summed E-state index contributed by atoms with van der Waals surface area (Å²) in [5, 5.41) is 82.6. The molecule has 2 aromatic heterocycles. The fourth-order valence-electron chi connectivity index (χ4n) is 13.2. The number of nitrogens with one attached hydrogen (secondary N) is 15. The molecule has 0 saturated carbocycles. The monoisotopic (exact) mass is 1740 g/mol. The molecule has 1 aliphatic rings. The van der Waals surface area contributed by atoms with Gasteiger partial charge in [0, 0.05) is 71.5 Å². The van der Waals surface area contributed by atoms with E-state index in [9.17, 15) is 107 Å². The van der Waals surface area contributed by atoms with Crippen LogP contribution in [-0.4, -0.2) is 269 Å². The van der Waals surface area contributed by atoms with E-state index in [1.54, 1.807) is 64.2 Å². The number of carbonyl (C=O) groups is 18. The highest BCUT2D eigenvalue weighted by molar-refractivity contribution is 7.80. The molecule has 0 radical (unpaired) electrons. The molecule has 6 rings (SSSR count). The van der Waals surface area contributed by atoms with Gasteiger partial charge in [-0.15, -0.1) is 0 Å². The summed E-state index contributed by atoms with van der Waals surface area (Å²) < 4.78 is 0. The number of fused-ring (bicyclic) bond motifs is 2. The number of hydrogen-bond donors (Lipinski definition) is 25. The quantitative estimate of drug-likeness (QED) is 0.0161. The highest BCUT2D eigenvalue weighted by Gasteiger charge is 2.42. The summed E-state index contributed by atoms with van der Waals surface area (Å²) in [4.78, 5) is 251. The maximum atomic E-state index is 14.5. The van der Waals surface area contributed by atoms with Crippen molar-refractivity contribution in [2.75, 3.05) is 37.7 Å². The van der Waals surface area contributed by atoms with E-state index in [-0.39, 0.29) is 69.4 Å². The number of para-hydroxylation sites is 2. The Labute approximate surface area is 710 Å². The number of phenolic OH excluding ortho intramolecular Hbond substituents is 1. The fourth-order valence-corrected chi connectivity index (χ4v) is 13.7. The number of aromatic nitrogens is 2. The van der Waals surface area contributed by atoms with Crippen LogP contribution in [0.5, 0.6) is 5.75 Å². The number of hydrogen-bond acceptors (Lipinski definition) is 24. The van der Waals surface area contributed by atoms with E-state index >= 15 is 0 Å². The molecule has 16 amide bonds. The number of primary amides is 2. The first-order chi connectivity index (χ1) is 57.7. The molecule has 1 aliphatic heterocycles. The highest BCUT2D eigenvalue weighted by atomic mass is 32.1. The van der Waals surface area contributed by atoms with Crippen molar-refractivity contribution >= 4 is 154 Å². The number of nitrogens with zero attached hydrogens (tertiary/aromatic N) is 1. The Morgan fingerprint density at radius 1 is 0.484 bits per heavy atom. The molecular formula is C78H107N19O23S2. The molecule has 26 N–H and O–H groups in total. The van der Waals surface area contributed by atoms with E-state index in [1.807, 2.05) is 23.5 Å². The van der Waals surface area contributed by atoms with Gasteiger partial charge in [-0.3, -0.25) is 86.3 Å². The van der Waals surface area contributed by atoms with Crippen LogP contribution in [0.1, 0.15) is 103 Å². The number of phenols is 1. The molecule has 1 saturated heterocycles. The molecule has 122 heavy (non-hydrogen) atoms. The predicted octanol–water partition coefficient (Wildman–Crippen LogP) is -5.71. The Hall–Kier alpha value is -12.4. The van der Waals surface area contributed by atoms with Gasteiger partial charge in [0.2, 0.25) is 94.5 Å².